The zero-order valence-corrected chi connectivity index (χ0v) is 12.6. The highest BCUT2D eigenvalue weighted by molar-refractivity contribution is 5.78. The SMILES string of the molecule is CC(C)NCc1cccn1Cc1ccc2ccccc2n1. The molecule has 0 saturated heterocycles. The molecule has 0 spiro atoms. The van der Waals surface area contributed by atoms with Crippen LogP contribution in [0.2, 0.25) is 0 Å². The lowest BCUT2D eigenvalue weighted by molar-refractivity contribution is 0.563. The fourth-order valence-corrected chi connectivity index (χ4v) is 2.44. The molecule has 0 aliphatic heterocycles. The van der Waals surface area contributed by atoms with Crippen molar-refractivity contribution in [3.8, 4) is 0 Å². The smallest absolute Gasteiger partial charge is 0.0706 e. The number of hydrogen-bond acceptors (Lipinski definition) is 2. The maximum Gasteiger partial charge on any atom is 0.0706 e. The van der Waals surface area contributed by atoms with E-state index >= 15 is 0 Å². The summed E-state index contributed by atoms with van der Waals surface area (Å²) in [6.07, 6.45) is 2.12. The largest absolute Gasteiger partial charge is 0.344 e. The molecular weight excluding hydrogens is 258 g/mol. The van der Waals surface area contributed by atoms with Crippen LogP contribution in [0.5, 0.6) is 0 Å². The van der Waals surface area contributed by atoms with Crippen LogP contribution in [-0.2, 0) is 13.1 Å². The van der Waals surface area contributed by atoms with Gasteiger partial charge >= 0.3 is 0 Å². The molecule has 0 bridgehead atoms. The second-order valence-corrected chi connectivity index (χ2v) is 5.66. The average molecular weight is 279 g/mol. The molecule has 0 unspecified atom stereocenters. The number of benzene rings is 1. The minimum absolute atomic E-state index is 0.493. The Hall–Kier alpha value is -2.13. The molecule has 3 heteroatoms. The Morgan fingerprint density at radius 2 is 1.90 bits per heavy atom. The van der Waals surface area contributed by atoms with E-state index in [9.17, 15) is 0 Å². The summed E-state index contributed by atoms with van der Waals surface area (Å²) in [6.45, 7) is 6.03. The second kappa shape index (κ2) is 6.10. The molecule has 0 amide bonds. The van der Waals surface area contributed by atoms with Gasteiger partial charge in [0.15, 0.2) is 0 Å². The minimum Gasteiger partial charge on any atom is -0.344 e. The van der Waals surface area contributed by atoms with Gasteiger partial charge in [0.1, 0.15) is 0 Å². The van der Waals surface area contributed by atoms with Crippen molar-refractivity contribution >= 4 is 10.9 Å². The van der Waals surface area contributed by atoms with Crippen molar-refractivity contribution in [1.29, 1.82) is 0 Å². The highest BCUT2D eigenvalue weighted by atomic mass is 15.0. The van der Waals surface area contributed by atoms with E-state index in [0.29, 0.717) is 6.04 Å². The van der Waals surface area contributed by atoms with Gasteiger partial charge in [-0.15, -0.1) is 0 Å². The number of nitrogens with one attached hydrogen (secondary N) is 1. The number of rotatable bonds is 5. The molecule has 0 fully saturated rings. The monoisotopic (exact) mass is 279 g/mol. The highest BCUT2D eigenvalue weighted by Gasteiger charge is 2.04. The molecule has 21 heavy (non-hydrogen) atoms. The summed E-state index contributed by atoms with van der Waals surface area (Å²) in [5.41, 5.74) is 3.44. The molecule has 3 rings (SSSR count). The minimum atomic E-state index is 0.493. The van der Waals surface area contributed by atoms with Crippen molar-refractivity contribution in [3.05, 3.63) is 66.1 Å². The van der Waals surface area contributed by atoms with E-state index in [2.05, 4.69) is 66.3 Å². The van der Waals surface area contributed by atoms with Crippen LogP contribution in [-0.4, -0.2) is 15.6 Å². The van der Waals surface area contributed by atoms with Crippen LogP contribution >= 0.6 is 0 Å². The molecule has 1 aromatic carbocycles. The first-order valence-corrected chi connectivity index (χ1v) is 7.44. The highest BCUT2D eigenvalue weighted by Crippen LogP contribution is 2.13. The first-order valence-electron chi connectivity index (χ1n) is 7.44. The van der Waals surface area contributed by atoms with Gasteiger partial charge in [-0.2, -0.15) is 0 Å². The molecular formula is C18H21N3. The number of fused-ring (bicyclic) bond motifs is 1. The lowest BCUT2D eigenvalue weighted by Gasteiger charge is -2.12. The molecule has 0 saturated carbocycles. The molecule has 0 aliphatic carbocycles. The van der Waals surface area contributed by atoms with Crippen molar-refractivity contribution in [2.45, 2.75) is 33.0 Å². The third-order valence-corrected chi connectivity index (χ3v) is 3.60. The van der Waals surface area contributed by atoms with Crippen molar-refractivity contribution in [1.82, 2.24) is 14.9 Å². The van der Waals surface area contributed by atoms with E-state index in [-0.39, 0.29) is 0 Å². The summed E-state index contributed by atoms with van der Waals surface area (Å²) >= 11 is 0. The Morgan fingerprint density at radius 3 is 2.76 bits per heavy atom. The Kier molecular flexibility index (Phi) is 4.02. The lowest BCUT2D eigenvalue weighted by atomic mass is 10.2. The van der Waals surface area contributed by atoms with Gasteiger partial charge in [-0.3, -0.25) is 4.98 Å². The first kappa shape index (κ1) is 13.8. The lowest BCUT2D eigenvalue weighted by Crippen LogP contribution is -2.23. The molecule has 0 aliphatic rings. The van der Waals surface area contributed by atoms with Crippen LogP contribution in [0.25, 0.3) is 10.9 Å². The van der Waals surface area contributed by atoms with E-state index in [4.69, 9.17) is 4.98 Å². The Labute approximate surface area is 125 Å². The number of pyridine rings is 1. The van der Waals surface area contributed by atoms with Gasteiger partial charge in [0.25, 0.3) is 0 Å². The van der Waals surface area contributed by atoms with Gasteiger partial charge in [0, 0.05) is 29.9 Å². The quantitative estimate of drug-likeness (QED) is 0.773. The second-order valence-electron chi connectivity index (χ2n) is 5.66. The fraction of sp³-hybridized carbons (Fsp3) is 0.278. The normalized spacial score (nSPS) is 11.4. The summed E-state index contributed by atoms with van der Waals surface area (Å²) in [6, 6.07) is 17.3. The Bertz CT molecular complexity index is 728. The molecule has 1 N–H and O–H groups in total. The van der Waals surface area contributed by atoms with Crippen LogP contribution in [0, 0.1) is 0 Å². The van der Waals surface area contributed by atoms with Crippen molar-refractivity contribution in [2.75, 3.05) is 0 Å². The predicted octanol–water partition coefficient (Wildman–Crippen LogP) is 3.58. The van der Waals surface area contributed by atoms with Gasteiger partial charge < -0.3 is 9.88 Å². The van der Waals surface area contributed by atoms with Crippen LogP contribution < -0.4 is 5.32 Å². The molecule has 2 heterocycles. The standard InChI is InChI=1S/C18H21N3/c1-14(2)19-12-17-7-5-11-21(17)13-16-10-9-15-6-3-4-8-18(15)20-16/h3-11,14,19H,12-13H2,1-2H3. The Morgan fingerprint density at radius 1 is 1.05 bits per heavy atom. The van der Waals surface area contributed by atoms with Gasteiger partial charge in [0.05, 0.1) is 17.8 Å². The summed E-state index contributed by atoms with van der Waals surface area (Å²) in [5, 5.41) is 4.65. The van der Waals surface area contributed by atoms with Crippen molar-refractivity contribution < 1.29 is 0 Å². The molecule has 3 aromatic rings. The maximum absolute atomic E-state index is 4.75. The fourth-order valence-electron chi connectivity index (χ4n) is 2.44. The number of hydrogen-bond donors (Lipinski definition) is 1. The average Bonchev–Trinajstić information content (AvgIpc) is 2.92. The molecule has 2 aromatic heterocycles. The zero-order chi connectivity index (χ0) is 14.7. The zero-order valence-electron chi connectivity index (χ0n) is 12.6. The van der Waals surface area contributed by atoms with Crippen LogP contribution in [0.1, 0.15) is 25.2 Å². The summed E-state index contributed by atoms with van der Waals surface area (Å²) in [5.74, 6) is 0. The molecule has 0 radical (unpaired) electrons. The van der Waals surface area contributed by atoms with E-state index in [1.807, 2.05) is 12.1 Å². The molecule has 3 nitrogen and oxygen atoms in total. The van der Waals surface area contributed by atoms with E-state index < -0.39 is 0 Å². The van der Waals surface area contributed by atoms with Crippen LogP contribution in [0.15, 0.2) is 54.7 Å². The van der Waals surface area contributed by atoms with E-state index in [1.54, 1.807) is 0 Å². The first-order chi connectivity index (χ1) is 10.2. The molecule has 0 atom stereocenters. The van der Waals surface area contributed by atoms with Gasteiger partial charge in [0.2, 0.25) is 0 Å². The predicted molar refractivity (Wildman–Crippen MR) is 87.3 cm³/mol. The van der Waals surface area contributed by atoms with E-state index in [1.165, 1.54) is 11.1 Å². The number of nitrogens with zero attached hydrogens (tertiary/aromatic N) is 2. The summed E-state index contributed by atoms with van der Waals surface area (Å²) < 4.78 is 2.26. The van der Waals surface area contributed by atoms with Crippen LogP contribution in [0.3, 0.4) is 0 Å². The van der Waals surface area contributed by atoms with Gasteiger partial charge in [-0.05, 0) is 24.3 Å². The van der Waals surface area contributed by atoms with E-state index in [0.717, 1.165) is 24.3 Å². The maximum atomic E-state index is 4.75. The number of para-hydroxylation sites is 1. The summed E-state index contributed by atoms with van der Waals surface area (Å²) in [4.78, 5) is 4.75. The van der Waals surface area contributed by atoms with Crippen molar-refractivity contribution in [2.24, 2.45) is 0 Å². The third-order valence-electron chi connectivity index (χ3n) is 3.60. The summed E-state index contributed by atoms with van der Waals surface area (Å²) in [7, 11) is 0. The number of aromatic nitrogens is 2. The molecule has 108 valence electrons. The third kappa shape index (κ3) is 3.31. The Balaban J connectivity index is 1.80. The van der Waals surface area contributed by atoms with Gasteiger partial charge in [-0.1, -0.05) is 38.1 Å². The van der Waals surface area contributed by atoms with Crippen molar-refractivity contribution in [3.63, 3.8) is 0 Å². The van der Waals surface area contributed by atoms with Crippen LogP contribution in [0.4, 0.5) is 0 Å². The topological polar surface area (TPSA) is 29.9 Å². The van der Waals surface area contributed by atoms with Gasteiger partial charge in [-0.25, -0.2) is 0 Å².